The van der Waals surface area contributed by atoms with Gasteiger partial charge in [-0.2, -0.15) is 9.61 Å². The van der Waals surface area contributed by atoms with Gasteiger partial charge >= 0.3 is 0 Å². The summed E-state index contributed by atoms with van der Waals surface area (Å²) in [5, 5.41) is 4.74. The van der Waals surface area contributed by atoms with E-state index in [0.29, 0.717) is 0 Å². The fourth-order valence-corrected chi connectivity index (χ4v) is 3.65. The first kappa shape index (κ1) is 17.7. The minimum Gasteiger partial charge on any atom is -0.353 e. The molecule has 142 valence electrons. The maximum absolute atomic E-state index is 4.79. The zero-order valence-corrected chi connectivity index (χ0v) is 16.8. The van der Waals surface area contributed by atoms with Crippen LogP contribution >= 0.6 is 0 Å². The van der Waals surface area contributed by atoms with Gasteiger partial charge in [-0.1, -0.05) is 6.92 Å². The smallest absolute Gasteiger partial charge is 0.225 e. The van der Waals surface area contributed by atoms with Crippen molar-refractivity contribution in [3.05, 3.63) is 40.5 Å². The highest BCUT2D eigenvalue weighted by Gasteiger charge is 2.23. The summed E-state index contributed by atoms with van der Waals surface area (Å²) >= 11 is 0. The van der Waals surface area contributed by atoms with E-state index in [2.05, 4.69) is 46.6 Å². The van der Waals surface area contributed by atoms with Gasteiger partial charge in [0.2, 0.25) is 5.95 Å². The third-order valence-electron chi connectivity index (χ3n) is 5.31. The number of hydrogen-bond acceptors (Lipinski definition) is 6. The number of rotatable bonds is 3. The fraction of sp³-hybridized carbons (Fsp3) is 0.500. The lowest BCUT2D eigenvalue weighted by molar-refractivity contribution is 0.624. The van der Waals surface area contributed by atoms with Crippen molar-refractivity contribution in [2.75, 3.05) is 36.0 Å². The van der Waals surface area contributed by atoms with E-state index >= 15 is 0 Å². The molecular weight excluding hydrogens is 338 g/mol. The summed E-state index contributed by atoms with van der Waals surface area (Å²) in [5.74, 6) is 1.97. The number of nitrogens with zero attached hydrogens (tertiary/aromatic N) is 7. The third-order valence-corrected chi connectivity index (χ3v) is 5.31. The third kappa shape index (κ3) is 3.22. The summed E-state index contributed by atoms with van der Waals surface area (Å²) in [6.45, 7) is 14.0. The second-order valence-corrected chi connectivity index (χ2v) is 7.33. The lowest BCUT2D eigenvalue weighted by Gasteiger charge is -2.36. The molecule has 1 aliphatic rings. The van der Waals surface area contributed by atoms with E-state index in [0.717, 1.165) is 78.4 Å². The Kier molecular flexibility index (Phi) is 4.45. The Morgan fingerprint density at radius 1 is 0.852 bits per heavy atom. The quantitative estimate of drug-likeness (QED) is 0.711. The Morgan fingerprint density at radius 3 is 2.11 bits per heavy atom. The van der Waals surface area contributed by atoms with E-state index in [1.54, 1.807) is 0 Å². The average Bonchev–Trinajstić information content (AvgIpc) is 2.94. The van der Waals surface area contributed by atoms with Crippen LogP contribution in [0.1, 0.15) is 35.3 Å². The monoisotopic (exact) mass is 365 g/mol. The number of aromatic nitrogens is 5. The molecule has 1 fully saturated rings. The fourth-order valence-electron chi connectivity index (χ4n) is 3.65. The molecule has 1 saturated heterocycles. The number of aryl methyl sites for hydroxylation is 5. The van der Waals surface area contributed by atoms with Gasteiger partial charge in [0, 0.05) is 54.9 Å². The van der Waals surface area contributed by atoms with Crippen LogP contribution in [0.2, 0.25) is 0 Å². The maximum atomic E-state index is 4.79. The standard InChI is InChI=1S/C20H27N7/c1-6-17-12-18(27-19(23-17)15(4)16(5)24-27)25-7-9-26(10-8-25)20-21-13(2)11-14(3)22-20/h11-12H,6-10H2,1-5H3. The van der Waals surface area contributed by atoms with Crippen molar-refractivity contribution in [1.29, 1.82) is 0 Å². The van der Waals surface area contributed by atoms with Crippen LogP contribution in [0.3, 0.4) is 0 Å². The van der Waals surface area contributed by atoms with Gasteiger partial charge in [0.25, 0.3) is 0 Å². The molecule has 0 N–H and O–H groups in total. The average molecular weight is 365 g/mol. The van der Waals surface area contributed by atoms with E-state index in [-0.39, 0.29) is 0 Å². The first-order valence-electron chi connectivity index (χ1n) is 9.64. The zero-order chi connectivity index (χ0) is 19.1. The Morgan fingerprint density at radius 2 is 1.48 bits per heavy atom. The molecule has 27 heavy (non-hydrogen) atoms. The molecule has 0 aliphatic carbocycles. The van der Waals surface area contributed by atoms with Crippen LogP contribution in [0.25, 0.3) is 5.65 Å². The molecule has 3 aromatic rings. The highest BCUT2D eigenvalue weighted by molar-refractivity contribution is 5.57. The van der Waals surface area contributed by atoms with E-state index in [4.69, 9.17) is 10.1 Å². The Labute approximate surface area is 160 Å². The van der Waals surface area contributed by atoms with Crippen molar-refractivity contribution in [2.45, 2.75) is 41.0 Å². The molecule has 0 amide bonds. The SMILES string of the molecule is CCc1cc(N2CCN(c3nc(C)cc(C)n3)CC2)n2nc(C)c(C)c2n1. The second kappa shape index (κ2) is 6.79. The van der Waals surface area contributed by atoms with Crippen molar-refractivity contribution in [3.63, 3.8) is 0 Å². The van der Waals surface area contributed by atoms with Gasteiger partial charge in [-0.3, -0.25) is 0 Å². The van der Waals surface area contributed by atoms with E-state index in [1.165, 1.54) is 0 Å². The predicted octanol–water partition coefficient (Wildman–Crippen LogP) is 2.64. The largest absolute Gasteiger partial charge is 0.353 e. The summed E-state index contributed by atoms with van der Waals surface area (Å²) in [7, 11) is 0. The number of anilines is 2. The summed E-state index contributed by atoms with van der Waals surface area (Å²) in [5.41, 5.74) is 6.33. The normalized spacial score (nSPS) is 15.0. The molecule has 0 aromatic carbocycles. The second-order valence-electron chi connectivity index (χ2n) is 7.33. The Balaban J connectivity index is 1.62. The summed E-state index contributed by atoms with van der Waals surface area (Å²) in [6.07, 6.45) is 0.920. The van der Waals surface area contributed by atoms with Gasteiger partial charge in [-0.05, 0) is 40.2 Å². The molecule has 0 unspecified atom stereocenters. The summed E-state index contributed by atoms with van der Waals surface area (Å²) in [6, 6.07) is 4.20. The molecule has 1 aliphatic heterocycles. The van der Waals surface area contributed by atoms with Crippen molar-refractivity contribution in [3.8, 4) is 0 Å². The van der Waals surface area contributed by atoms with Gasteiger partial charge < -0.3 is 9.80 Å². The number of fused-ring (bicyclic) bond motifs is 1. The van der Waals surface area contributed by atoms with Gasteiger partial charge in [-0.25, -0.2) is 15.0 Å². The van der Waals surface area contributed by atoms with Crippen molar-refractivity contribution >= 4 is 17.4 Å². The molecule has 7 heteroatoms. The maximum Gasteiger partial charge on any atom is 0.225 e. The van der Waals surface area contributed by atoms with E-state index < -0.39 is 0 Å². The molecule has 0 spiro atoms. The molecule has 3 aromatic heterocycles. The van der Waals surface area contributed by atoms with E-state index in [1.807, 2.05) is 24.4 Å². The molecule has 7 nitrogen and oxygen atoms in total. The van der Waals surface area contributed by atoms with Crippen molar-refractivity contribution in [1.82, 2.24) is 24.6 Å². The van der Waals surface area contributed by atoms with Crippen LogP contribution in [0, 0.1) is 27.7 Å². The molecule has 0 radical (unpaired) electrons. The Hall–Kier alpha value is -2.70. The van der Waals surface area contributed by atoms with Crippen molar-refractivity contribution < 1.29 is 0 Å². The van der Waals surface area contributed by atoms with Crippen LogP contribution in [-0.2, 0) is 6.42 Å². The van der Waals surface area contributed by atoms with Crippen LogP contribution in [0.15, 0.2) is 12.1 Å². The lowest BCUT2D eigenvalue weighted by atomic mass is 10.2. The minimum atomic E-state index is 0.840. The first-order chi connectivity index (χ1) is 13.0. The van der Waals surface area contributed by atoms with Gasteiger partial charge in [0.05, 0.1) is 5.69 Å². The molecular formula is C20H27N7. The first-order valence-corrected chi connectivity index (χ1v) is 9.64. The minimum absolute atomic E-state index is 0.840. The molecule has 0 saturated carbocycles. The predicted molar refractivity (Wildman–Crippen MR) is 108 cm³/mol. The number of piperazine rings is 1. The molecule has 0 atom stereocenters. The topological polar surface area (TPSA) is 62.5 Å². The van der Waals surface area contributed by atoms with Gasteiger partial charge in [-0.15, -0.1) is 0 Å². The molecule has 4 heterocycles. The highest BCUT2D eigenvalue weighted by atomic mass is 15.4. The summed E-state index contributed by atoms with van der Waals surface area (Å²) in [4.78, 5) is 18.7. The summed E-state index contributed by atoms with van der Waals surface area (Å²) < 4.78 is 2.01. The Bertz CT molecular complexity index is 963. The number of hydrogen-bond donors (Lipinski definition) is 0. The van der Waals surface area contributed by atoms with Crippen LogP contribution in [0.5, 0.6) is 0 Å². The zero-order valence-electron chi connectivity index (χ0n) is 16.8. The van der Waals surface area contributed by atoms with E-state index in [9.17, 15) is 0 Å². The van der Waals surface area contributed by atoms with Gasteiger partial charge in [0.15, 0.2) is 5.65 Å². The highest BCUT2D eigenvalue weighted by Crippen LogP contribution is 2.23. The van der Waals surface area contributed by atoms with Crippen LogP contribution < -0.4 is 9.80 Å². The van der Waals surface area contributed by atoms with Crippen LogP contribution in [-0.4, -0.2) is 50.7 Å². The van der Waals surface area contributed by atoms with Crippen molar-refractivity contribution in [2.24, 2.45) is 0 Å². The molecule has 0 bridgehead atoms. The molecule has 4 rings (SSSR count). The lowest BCUT2D eigenvalue weighted by Crippen LogP contribution is -2.47. The van der Waals surface area contributed by atoms with Gasteiger partial charge in [0.1, 0.15) is 5.82 Å². The van der Waals surface area contributed by atoms with Crippen LogP contribution in [0.4, 0.5) is 11.8 Å².